The van der Waals surface area contributed by atoms with E-state index in [0.717, 1.165) is 22.3 Å². The summed E-state index contributed by atoms with van der Waals surface area (Å²) in [6.45, 7) is 5.68. The van der Waals surface area contributed by atoms with E-state index >= 15 is 0 Å². The summed E-state index contributed by atoms with van der Waals surface area (Å²) in [7, 11) is 1.33. The standard InChI is InChI=1S/C38H36N2O6/c1-38(2,3)46-24-34(40-37(43)45-23-33-31-17-7-5-15-29(31)30-16-6-8-18-32(30)33)35(41)39-28-14-10-12-26(22-28)20-19-25-11-9-13-27(21-25)36(42)44-4/h5-18,21-22,33-34H,23-24H2,1-4H3,(H,39,41)(H,40,43)/t34-/m0/s1. The van der Waals surface area contributed by atoms with Crippen molar-refractivity contribution in [3.8, 4) is 23.0 Å². The molecule has 8 nitrogen and oxygen atoms in total. The van der Waals surface area contributed by atoms with Gasteiger partial charge in [-0.25, -0.2) is 9.59 Å². The second kappa shape index (κ2) is 14.1. The smallest absolute Gasteiger partial charge is 0.407 e. The minimum absolute atomic E-state index is 0.0600. The Balaban J connectivity index is 1.26. The van der Waals surface area contributed by atoms with Crippen molar-refractivity contribution in [1.29, 1.82) is 0 Å². The molecule has 1 aliphatic rings. The Morgan fingerprint density at radius 1 is 0.804 bits per heavy atom. The predicted octanol–water partition coefficient (Wildman–Crippen LogP) is 6.53. The van der Waals surface area contributed by atoms with Crippen molar-refractivity contribution in [3.63, 3.8) is 0 Å². The number of carbonyl (C=O) groups is 3. The second-order valence-electron chi connectivity index (χ2n) is 11.8. The highest BCUT2D eigenvalue weighted by molar-refractivity contribution is 5.97. The minimum Gasteiger partial charge on any atom is -0.465 e. The van der Waals surface area contributed by atoms with Crippen molar-refractivity contribution >= 4 is 23.7 Å². The van der Waals surface area contributed by atoms with Gasteiger partial charge >= 0.3 is 12.1 Å². The molecule has 1 atom stereocenters. The van der Waals surface area contributed by atoms with Crippen LogP contribution in [0.1, 0.15) is 59.3 Å². The number of hydrogen-bond acceptors (Lipinski definition) is 6. The van der Waals surface area contributed by atoms with Crippen LogP contribution in [-0.2, 0) is 19.0 Å². The lowest BCUT2D eigenvalue weighted by Crippen LogP contribution is -2.48. The third kappa shape index (κ3) is 8.00. The number of ether oxygens (including phenoxy) is 3. The second-order valence-corrected chi connectivity index (χ2v) is 11.8. The van der Waals surface area contributed by atoms with Crippen LogP contribution >= 0.6 is 0 Å². The molecule has 0 saturated carbocycles. The van der Waals surface area contributed by atoms with Crippen molar-refractivity contribution in [3.05, 3.63) is 125 Å². The molecule has 2 amide bonds. The fourth-order valence-corrected chi connectivity index (χ4v) is 5.19. The van der Waals surface area contributed by atoms with Gasteiger partial charge in [-0.15, -0.1) is 0 Å². The van der Waals surface area contributed by atoms with Crippen molar-refractivity contribution in [1.82, 2.24) is 5.32 Å². The number of carbonyl (C=O) groups excluding carboxylic acids is 3. The SMILES string of the molecule is COC(=O)c1cccc(C#Cc2cccc(NC(=O)[C@H](COC(C)(C)C)NC(=O)OCC3c4ccccc4-c4ccccc43)c2)c1. The number of benzene rings is 4. The van der Waals surface area contributed by atoms with Gasteiger partial charge in [0.2, 0.25) is 5.91 Å². The Morgan fingerprint density at radius 3 is 2.04 bits per heavy atom. The number of rotatable bonds is 8. The molecular weight excluding hydrogens is 580 g/mol. The third-order valence-electron chi connectivity index (χ3n) is 7.40. The van der Waals surface area contributed by atoms with Crippen LogP contribution in [0.4, 0.5) is 10.5 Å². The lowest BCUT2D eigenvalue weighted by atomic mass is 9.98. The highest BCUT2D eigenvalue weighted by atomic mass is 16.6. The van der Waals surface area contributed by atoms with Gasteiger partial charge in [0, 0.05) is 22.7 Å². The van der Waals surface area contributed by atoms with Crippen molar-refractivity contribution < 1.29 is 28.6 Å². The van der Waals surface area contributed by atoms with Crippen LogP contribution in [0, 0.1) is 11.8 Å². The molecule has 4 aromatic rings. The van der Waals surface area contributed by atoms with Crippen LogP contribution in [0.3, 0.4) is 0 Å². The molecule has 0 saturated heterocycles. The summed E-state index contributed by atoms with van der Waals surface area (Å²) < 4.78 is 16.4. The van der Waals surface area contributed by atoms with Crippen LogP contribution in [0.5, 0.6) is 0 Å². The fraction of sp³-hybridized carbons (Fsp3) is 0.237. The monoisotopic (exact) mass is 616 g/mol. The molecule has 0 radical (unpaired) electrons. The van der Waals surface area contributed by atoms with E-state index in [4.69, 9.17) is 14.2 Å². The van der Waals surface area contributed by atoms with E-state index in [-0.39, 0.29) is 19.1 Å². The molecule has 2 N–H and O–H groups in total. The van der Waals surface area contributed by atoms with E-state index in [0.29, 0.717) is 22.4 Å². The predicted molar refractivity (Wildman–Crippen MR) is 177 cm³/mol. The highest BCUT2D eigenvalue weighted by Crippen LogP contribution is 2.44. The van der Waals surface area contributed by atoms with Gasteiger partial charge in [-0.1, -0.05) is 72.5 Å². The maximum atomic E-state index is 13.4. The average Bonchev–Trinajstić information content (AvgIpc) is 3.37. The molecule has 0 aliphatic heterocycles. The normalized spacial score (nSPS) is 12.5. The molecule has 1 aliphatic carbocycles. The molecule has 46 heavy (non-hydrogen) atoms. The molecule has 0 bridgehead atoms. The van der Waals surface area contributed by atoms with Crippen LogP contribution < -0.4 is 10.6 Å². The van der Waals surface area contributed by atoms with Gasteiger partial charge in [-0.05, 0) is 79.4 Å². The number of amides is 2. The zero-order valence-electron chi connectivity index (χ0n) is 26.3. The summed E-state index contributed by atoms with van der Waals surface area (Å²) in [5.41, 5.74) is 6.11. The molecule has 4 aromatic carbocycles. The van der Waals surface area contributed by atoms with Crippen LogP contribution in [0.15, 0.2) is 97.1 Å². The molecular formula is C38H36N2O6. The molecule has 0 spiro atoms. The number of fused-ring (bicyclic) bond motifs is 3. The first-order chi connectivity index (χ1) is 22.1. The summed E-state index contributed by atoms with van der Waals surface area (Å²) in [6.07, 6.45) is -0.715. The Labute approximate surface area is 269 Å². The summed E-state index contributed by atoms with van der Waals surface area (Å²) >= 11 is 0. The number of alkyl carbamates (subject to hydrolysis) is 1. The van der Waals surface area contributed by atoms with Gasteiger partial charge < -0.3 is 24.8 Å². The summed E-state index contributed by atoms with van der Waals surface area (Å²) in [5.74, 6) is 5.07. The third-order valence-corrected chi connectivity index (χ3v) is 7.40. The Hall–Kier alpha value is -5.39. The van der Waals surface area contributed by atoms with Gasteiger partial charge in [0.25, 0.3) is 0 Å². The van der Waals surface area contributed by atoms with Crippen LogP contribution in [0.2, 0.25) is 0 Å². The first kappa shape index (κ1) is 32.0. The largest absolute Gasteiger partial charge is 0.465 e. The zero-order chi connectivity index (χ0) is 32.7. The Morgan fingerprint density at radius 2 is 1.41 bits per heavy atom. The van der Waals surface area contributed by atoms with Gasteiger partial charge in [0.15, 0.2) is 0 Å². The van der Waals surface area contributed by atoms with Gasteiger partial charge in [0.05, 0.1) is 24.9 Å². The Bertz CT molecular complexity index is 1770. The molecule has 5 rings (SSSR count). The van der Waals surface area contributed by atoms with E-state index in [9.17, 15) is 14.4 Å². The maximum absolute atomic E-state index is 13.4. The van der Waals surface area contributed by atoms with E-state index in [2.05, 4.69) is 34.6 Å². The number of hydrogen-bond donors (Lipinski definition) is 2. The minimum atomic E-state index is -1.02. The van der Waals surface area contributed by atoms with Crippen LogP contribution in [0.25, 0.3) is 11.1 Å². The number of anilines is 1. The number of esters is 1. The van der Waals surface area contributed by atoms with Crippen molar-refractivity contribution in [2.24, 2.45) is 0 Å². The first-order valence-corrected chi connectivity index (χ1v) is 15.0. The first-order valence-electron chi connectivity index (χ1n) is 15.0. The Kier molecular flexibility index (Phi) is 9.85. The number of methoxy groups -OCH3 is 1. The molecule has 0 heterocycles. The number of nitrogens with one attached hydrogen (secondary N) is 2. The summed E-state index contributed by atoms with van der Waals surface area (Å²) in [6, 6.07) is 29.0. The van der Waals surface area contributed by atoms with Gasteiger partial charge in [0.1, 0.15) is 12.6 Å². The highest BCUT2D eigenvalue weighted by Gasteiger charge is 2.30. The summed E-state index contributed by atoms with van der Waals surface area (Å²) in [5, 5.41) is 5.56. The average molecular weight is 617 g/mol. The van der Waals surface area contributed by atoms with E-state index in [1.807, 2.05) is 63.2 Å². The molecule has 8 heteroatoms. The van der Waals surface area contributed by atoms with Crippen molar-refractivity contribution in [2.45, 2.75) is 38.3 Å². The van der Waals surface area contributed by atoms with Gasteiger partial charge in [-0.3, -0.25) is 4.79 Å². The molecule has 0 aromatic heterocycles. The van der Waals surface area contributed by atoms with E-state index < -0.39 is 29.6 Å². The molecule has 0 fully saturated rings. The quantitative estimate of drug-likeness (QED) is 0.172. The lowest BCUT2D eigenvalue weighted by Gasteiger charge is -2.25. The van der Waals surface area contributed by atoms with Gasteiger partial charge in [-0.2, -0.15) is 0 Å². The topological polar surface area (TPSA) is 103 Å². The molecule has 234 valence electrons. The zero-order valence-corrected chi connectivity index (χ0v) is 26.3. The van der Waals surface area contributed by atoms with E-state index in [1.165, 1.54) is 7.11 Å². The fourth-order valence-electron chi connectivity index (χ4n) is 5.19. The summed E-state index contributed by atoms with van der Waals surface area (Å²) in [4.78, 5) is 38.3. The maximum Gasteiger partial charge on any atom is 0.407 e. The molecule has 0 unspecified atom stereocenters. The lowest BCUT2D eigenvalue weighted by molar-refractivity contribution is -0.121. The van der Waals surface area contributed by atoms with Crippen LogP contribution in [-0.4, -0.2) is 49.9 Å². The van der Waals surface area contributed by atoms with E-state index in [1.54, 1.807) is 42.5 Å². The van der Waals surface area contributed by atoms with Crippen molar-refractivity contribution in [2.75, 3.05) is 25.6 Å².